The van der Waals surface area contributed by atoms with Gasteiger partial charge >= 0.3 is 12.4 Å². The van der Waals surface area contributed by atoms with Crippen molar-refractivity contribution in [2.45, 2.75) is 40.0 Å². The Kier molecular flexibility index (Phi) is 7.71. The first kappa shape index (κ1) is 31.0. The molecule has 6 aromatic carbocycles. The van der Waals surface area contributed by atoms with Gasteiger partial charge in [-0.05, 0) is 108 Å². The Morgan fingerprint density at radius 1 is 0.435 bits per heavy atom. The third kappa shape index (κ3) is 5.75. The zero-order valence-corrected chi connectivity index (χ0v) is 25.3. The van der Waals surface area contributed by atoms with Gasteiger partial charge in [-0.2, -0.15) is 26.3 Å². The Balaban J connectivity index is 1.43. The second-order valence-electron chi connectivity index (χ2n) is 11.4. The van der Waals surface area contributed by atoms with Crippen molar-refractivity contribution in [1.29, 1.82) is 0 Å². The van der Waals surface area contributed by atoms with E-state index in [2.05, 4.69) is 0 Å². The van der Waals surface area contributed by atoms with Gasteiger partial charge in [-0.1, -0.05) is 60.7 Å². The predicted molar refractivity (Wildman–Crippen MR) is 169 cm³/mol. The van der Waals surface area contributed by atoms with Crippen LogP contribution in [-0.4, -0.2) is 0 Å². The number of hydrogen-bond acceptors (Lipinski definition) is 2. The first-order valence-corrected chi connectivity index (χ1v) is 14.5. The maximum absolute atomic E-state index is 14.5. The van der Waals surface area contributed by atoms with Gasteiger partial charge in [-0.25, -0.2) is 0 Å². The molecule has 0 aliphatic carbocycles. The van der Waals surface area contributed by atoms with Crippen LogP contribution in [-0.2, 0) is 12.4 Å². The highest BCUT2D eigenvalue weighted by molar-refractivity contribution is 5.94. The van der Waals surface area contributed by atoms with E-state index in [1.807, 2.05) is 76.2 Å². The molecular formula is C38H28F6O2. The summed E-state index contributed by atoms with van der Waals surface area (Å²) in [6.07, 6.45) is -9.95. The summed E-state index contributed by atoms with van der Waals surface area (Å²) in [5.41, 5.74) is 0.149. The molecule has 0 bridgehead atoms. The first-order chi connectivity index (χ1) is 21.7. The molecule has 0 radical (unpaired) electrons. The molecule has 0 N–H and O–H groups in total. The largest absolute Gasteiger partial charge is 0.457 e. The van der Waals surface area contributed by atoms with E-state index in [4.69, 9.17) is 9.47 Å². The fraction of sp³-hybridized carbons (Fsp3) is 0.158. The maximum atomic E-state index is 14.5. The lowest BCUT2D eigenvalue weighted by atomic mass is 9.94. The number of aryl methyl sites for hydroxylation is 4. The molecule has 0 saturated heterocycles. The van der Waals surface area contributed by atoms with Crippen molar-refractivity contribution in [1.82, 2.24) is 0 Å². The van der Waals surface area contributed by atoms with Gasteiger partial charge < -0.3 is 9.47 Å². The second kappa shape index (κ2) is 11.4. The molecule has 0 saturated carbocycles. The van der Waals surface area contributed by atoms with Crippen LogP contribution in [0.3, 0.4) is 0 Å². The minimum absolute atomic E-state index is 0.155. The number of fused-ring (bicyclic) bond motifs is 2. The quantitative estimate of drug-likeness (QED) is 0.177. The van der Waals surface area contributed by atoms with Crippen LogP contribution in [0.15, 0.2) is 97.1 Å². The smallest absolute Gasteiger partial charge is 0.417 e. The molecule has 0 aliphatic rings. The number of rotatable bonds is 5. The third-order valence-electron chi connectivity index (χ3n) is 8.17. The lowest BCUT2D eigenvalue weighted by Gasteiger charge is -2.20. The van der Waals surface area contributed by atoms with Crippen molar-refractivity contribution in [2.75, 3.05) is 0 Å². The lowest BCUT2D eigenvalue weighted by Crippen LogP contribution is -2.11. The molecule has 0 aromatic heterocycles. The number of alkyl halides is 6. The maximum Gasteiger partial charge on any atom is 0.417 e. The molecule has 46 heavy (non-hydrogen) atoms. The molecule has 0 unspecified atom stereocenters. The molecule has 2 nitrogen and oxygen atoms in total. The van der Waals surface area contributed by atoms with Crippen LogP contribution in [0.1, 0.15) is 33.4 Å². The van der Waals surface area contributed by atoms with Crippen LogP contribution in [0.25, 0.3) is 32.7 Å². The van der Waals surface area contributed by atoms with Crippen LogP contribution < -0.4 is 9.47 Å². The third-order valence-corrected chi connectivity index (χ3v) is 8.17. The summed E-state index contributed by atoms with van der Waals surface area (Å²) in [5, 5.41) is 3.25. The Labute approximate surface area is 261 Å². The van der Waals surface area contributed by atoms with Crippen LogP contribution in [0, 0.1) is 27.7 Å². The molecule has 0 fully saturated rings. The first-order valence-electron chi connectivity index (χ1n) is 14.5. The molecule has 234 valence electrons. The van der Waals surface area contributed by atoms with Crippen LogP contribution >= 0.6 is 0 Å². The van der Waals surface area contributed by atoms with E-state index in [1.165, 1.54) is 12.1 Å². The van der Waals surface area contributed by atoms with Crippen molar-refractivity contribution >= 4 is 21.5 Å². The Bertz CT molecular complexity index is 1960. The summed E-state index contributed by atoms with van der Waals surface area (Å²) in [6.45, 7) is 7.70. The van der Waals surface area contributed by atoms with E-state index < -0.39 is 34.6 Å². The second-order valence-corrected chi connectivity index (χ2v) is 11.4. The van der Waals surface area contributed by atoms with Gasteiger partial charge in [0.1, 0.15) is 23.0 Å². The van der Waals surface area contributed by atoms with E-state index in [1.54, 1.807) is 12.1 Å². The van der Waals surface area contributed by atoms with Gasteiger partial charge in [0.05, 0.1) is 11.1 Å². The number of hydrogen-bond donors (Lipinski definition) is 0. The van der Waals surface area contributed by atoms with E-state index in [0.29, 0.717) is 22.3 Å². The average Bonchev–Trinajstić information content (AvgIpc) is 2.99. The van der Waals surface area contributed by atoms with E-state index in [9.17, 15) is 26.3 Å². The van der Waals surface area contributed by atoms with Gasteiger partial charge in [0, 0.05) is 10.8 Å². The van der Waals surface area contributed by atoms with Crippen LogP contribution in [0.2, 0.25) is 0 Å². The molecular weight excluding hydrogens is 602 g/mol. The standard InChI is InChI=1S/C38H28F6O2/c1-21-7-5-9-29-33(17-11-23(3)35(21)29)45-25-13-15-27(31(19-25)37(39,40)41)28-16-14-26(20-32(28)38(42,43)44)46-34-18-12-24(4)36-22(2)8-6-10-30(34)36/h5-20H,1-4H3. The van der Waals surface area contributed by atoms with Gasteiger partial charge in [0.2, 0.25) is 0 Å². The molecule has 8 heteroatoms. The fourth-order valence-electron chi connectivity index (χ4n) is 6.09. The van der Waals surface area contributed by atoms with Crippen LogP contribution in [0.5, 0.6) is 23.0 Å². The summed E-state index contributed by atoms with van der Waals surface area (Å²) in [5.74, 6) is 0.360. The monoisotopic (exact) mass is 630 g/mol. The van der Waals surface area contributed by atoms with Crippen molar-refractivity contribution in [3.05, 3.63) is 130 Å². The molecule has 0 atom stereocenters. The van der Waals surface area contributed by atoms with Gasteiger partial charge in [-0.3, -0.25) is 0 Å². The minimum atomic E-state index is -4.97. The summed E-state index contributed by atoms with van der Waals surface area (Å²) < 4.78 is 98.6. The average molecular weight is 631 g/mol. The van der Waals surface area contributed by atoms with E-state index in [-0.39, 0.29) is 11.5 Å². The number of ether oxygens (including phenoxy) is 2. The van der Waals surface area contributed by atoms with Crippen molar-refractivity contribution in [3.63, 3.8) is 0 Å². The summed E-state index contributed by atoms with van der Waals surface area (Å²) in [6, 6.07) is 24.1. The zero-order valence-electron chi connectivity index (χ0n) is 25.3. The van der Waals surface area contributed by atoms with Gasteiger partial charge in [0.25, 0.3) is 0 Å². The molecule has 6 rings (SSSR count). The normalized spacial score (nSPS) is 12.1. The van der Waals surface area contributed by atoms with E-state index in [0.717, 1.165) is 57.3 Å². The van der Waals surface area contributed by atoms with Crippen molar-refractivity contribution in [3.8, 4) is 34.1 Å². The molecule has 0 aliphatic heterocycles. The highest BCUT2D eigenvalue weighted by Crippen LogP contribution is 2.46. The summed E-state index contributed by atoms with van der Waals surface area (Å²) in [7, 11) is 0. The highest BCUT2D eigenvalue weighted by Gasteiger charge is 2.39. The summed E-state index contributed by atoms with van der Waals surface area (Å²) in [4.78, 5) is 0. The van der Waals surface area contributed by atoms with Crippen molar-refractivity contribution < 1.29 is 35.8 Å². The molecule has 0 heterocycles. The van der Waals surface area contributed by atoms with E-state index >= 15 is 0 Å². The summed E-state index contributed by atoms with van der Waals surface area (Å²) >= 11 is 0. The minimum Gasteiger partial charge on any atom is -0.457 e. The highest BCUT2D eigenvalue weighted by atomic mass is 19.4. The van der Waals surface area contributed by atoms with Gasteiger partial charge in [-0.15, -0.1) is 0 Å². The van der Waals surface area contributed by atoms with Crippen molar-refractivity contribution in [2.24, 2.45) is 0 Å². The fourth-order valence-corrected chi connectivity index (χ4v) is 6.09. The molecule has 6 aromatic rings. The predicted octanol–water partition coefficient (Wildman–Crippen LogP) is 12.5. The Morgan fingerprint density at radius 2 is 0.804 bits per heavy atom. The van der Waals surface area contributed by atoms with Crippen LogP contribution in [0.4, 0.5) is 26.3 Å². The van der Waals surface area contributed by atoms with Gasteiger partial charge in [0.15, 0.2) is 0 Å². The molecule has 0 amide bonds. The zero-order chi connectivity index (χ0) is 33.0. The Hall–Kier alpha value is -4.98. The number of halogens is 6. The SMILES string of the molecule is Cc1cccc2c(Oc3ccc(-c4ccc(Oc5ccc(C)c6c(C)cccc56)cc4C(F)(F)F)c(C(F)(F)F)c3)ccc(C)c12. The topological polar surface area (TPSA) is 18.5 Å². The number of benzene rings is 6. The molecule has 0 spiro atoms. The lowest BCUT2D eigenvalue weighted by molar-refractivity contribution is -0.139. The Morgan fingerprint density at radius 3 is 1.17 bits per heavy atom.